The van der Waals surface area contributed by atoms with E-state index in [0.717, 1.165) is 10.4 Å². The van der Waals surface area contributed by atoms with Crippen LogP contribution in [0.2, 0.25) is 5.02 Å². The molecule has 6 nitrogen and oxygen atoms in total. The van der Waals surface area contributed by atoms with Gasteiger partial charge in [0.15, 0.2) is 5.75 Å². The van der Waals surface area contributed by atoms with Crippen LogP contribution in [0.3, 0.4) is 0 Å². The van der Waals surface area contributed by atoms with Crippen molar-refractivity contribution in [1.29, 1.82) is 0 Å². The molecular weight excluding hydrogens is 491 g/mol. The number of carbonyl (C=O) groups excluding carboxylic acids is 1. The molecule has 9 heteroatoms. The molecule has 35 heavy (non-hydrogen) atoms. The van der Waals surface area contributed by atoms with E-state index in [1.807, 2.05) is 6.07 Å². The van der Waals surface area contributed by atoms with Crippen molar-refractivity contribution in [2.75, 3.05) is 16.2 Å². The summed E-state index contributed by atoms with van der Waals surface area (Å²) >= 11 is 6.12. The number of nitrogens with one attached hydrogen (secondary N) is 1. The van der Waals surface area contributed by atoms with Crippen molar-refractivity contribution < 1.29 is 22.3 Å². The van der Waals surface area contributed by atoms with Crippen LogP contribution in [0.15, 0.2) is 108 Å². The van der Waals surface area contributed by atoms with E-state index in [1.54, 1.807) is 54.6 Å². The molecule has 0 unspecified atom stereocenters. The van der Waals surface area contributed by atoms with Crippen molar-refractivity contribution in [3.63, 3.8) is 0 Å². The monoisotopic (exact) mass is 510 g/mol. The second-order valence-electron chi connectivity index (χ2n) is 7.38. The van der Waals surface area contributed by atoms with Crippen LogP contribution < -0.4 is 14.4 Å². The quantitative estimate of drug-likeness (QED) is 0.310. The van der Waals surface area contributed by atoms with E-state index in [9.17, 15) is 17.6 Å². The Hall–Kier alpha value is -3.88. The molecule has 0 aromatic heterocycles. The summed E-state index contributed by atoms with van der Waals surface area (Å²) in [5.74, 6) is -0.661. The average Bonchev–Trinajstić information content (AvgIpc) is 2.86. The first-order chi connectivity index (χ1) is 16.8. The molecular formula is C26H20ClFN2O4S. The fourth-order valence-electron chi connectivity index (χ4n) is 3.30. The molecule has 0 saturated carbocycles. The molecule has 4 rings (SSSR count). The van der Waals surface area contributed by atoms with Crippen LogP contribution in [-0.4, -0.2) is 20.9 Å². The zero-order chi connectivity index (χ0) is 24.8. The number of ether oxygens (including phenoxy) is 1. The summed E-state index contributed by atoms with van der Waals surface area (Å²) in [4.78, 5) is 13.0. The molecule has 1 N–H and O–H groups in total. The third-order valence-corrected chi connectivity index (χ3v) is 6.94. The van der Waals surface area contributed by atoms with Gasteiger partial charge in [-0.1, -0.05) is 60.1 Å². The highest BCUT2D eigenvalue weighted by molar-refractivity contribution is 7.92. The van der Waals surface area contributed by atoms with Gasteiger partial charge in [-0.25, -0.2) is 12.8 Å². The number of hydrogen-bond donors (Lipinski definition) is 1. The Balaban J connectivity index is 1.65. The van der Waals surface area contributed by atoms with Gasteiger partial charge in [0.1, 0.15) is 18.1 Å². The molecule has 178 valence electrons. The minimum absolute atomic E-state index is 0.0769. The molecule has 4 aromatic carbocycles. The first-order valence-corrected chi connectivity index (χ1v) is 12.3. The highest BCUT2D eigenvalue weighted by Crippen LogP contribution is 2.32. The number of nitrogens with zero attached hydrogens (tertiary/aromatic N) is 1. The molecule has 0 heterocycles. The lowest BCUT2D eigenvalue weighted by molar-refractivity contribution is -0.114. The lowest BCUT2D eigenvalue weighted by Crippen LogP contribution is -2.38. The maximum absolute atomic E-state index is 14.6. The molecule has 0 aliphatic heterocycles. The fourth-order valence-corrected chi connectivity index (χ4v) is 4.92. The van der Waals surface area contributed by atoms with Crippen molar-refractivity contribution in [1.82, 2.24) is 0 Å². The Kier molecular flexibility index (Phi) is 7.33. The van der Waals surface area contributed by atoms with Crippen LogP contribution in [-0.2, 0) is 14.8 Å². The Labute approximate surface area is 207 Å². The summed E-state index contributed by atoms with van der Waals surface area (Å²) in [6.07, 6.45) is 0. The molecule has 0 radical (unpaired) electrons. The summed E-state index contributed by atoms with van der Waals surface area (Å²) < 4.78 is 48.0. The summed E-state index contributed by atoms with van der Waals surface area (Å²) in [6.45, 7) is -0.685. The number of para-hydroxylation sites is 2. The van der Waals surface area contributed by atoms with E-state index in [0.29, 0.717) is 16.5 Å². The smallest absolute Gasteiger partial charge is 0.264 e. The average molecular weight is 511 g/mol. The van der Waals surface area contributed by atoms with Gasteiger partial charge in [0, 0.05) is 5.02 Å². The summed E-state index contributed by atoms with van der Waals surface area (Å²) in [5.41, 5.74) is -0.0182. The zero-order valence-corrected chi connectivity index (χ0v) is 19.8. The second-order valence-corrected chi connectivity index (χ2v) is 9.68. The molecule has 0 atom stereocenters. The van der Waals surface area contributed by atoms with Gasteiger partial charge in [-0.15, -0.1) is 0 Å². The molecule has 0 aliphatic rings. The van der Waals surface area contributed by atoms with Crippen LogP contribution in [0.25, 0.3) is 0 Å². The van der Waals surface area contributed by atoms with Gasteiger partial charge < -0.3 is 10.1 Å². The van der Waals surface area contributed by atoms with Gasteiger partial charge in [0.05, 0.1) is 16.3 Å². The van der Waals surface area contributed by atoms with Crippen molar-refractivity contribution in [2.24, 2.45) is 0 Å². The van der Waals surface area contributed by atoms with E-state index >= 15 is 0 Å². The highest BCUT2D eigenvalue weighted by Gasteiger charge is 2.29. The maximum Gasteiger partial charge on any atom is 0.264 e. The van der Waals surface area contributed by atoms with Crippen molar-refractivity contribution in [3.8, 4) is 11.5 Å². The largest absolute Gasteiger partial charge is 0.455 e. The number of hydrogen-bond acceptors (Lipinski definition) is 4. The molecule has 0 aliphatic carbocycles. The van der Waals surface area contributed by atoms with Crippen LogP contribution >= 0.6 is 11.6 Å². The standard InChI is InChI=1S/C26H20ClFN2O4S/c27-19-15-16-25(34-20-9-3-1-4-10-20)23(17-19)29-26(31)18-30(24-14-8-7-13-22(24)28)35(32,33)21-11-5-2-6-12-21/h1-17H,18H2,(H,29,31). The first-order valence-electron chi connectivity index (χ1n) is 10.5. The van der Waals surface area contributed by atoms with Crippen LogP contribution in [0.4, 0.5) is 15.8 Å². The van der Waals surface area contributed by atoms with E-state index in [2.05, 4.69) is 5.32 Å². The number of amides is 1. The minimum atomic E-state index is -4.26. The Morgan fingerprint density at radius 1 is 0.886 bits per heavy atom. The third-order valence-electron chi connectivity index (χ3n) is 4.93. The molecule has 0 spiro atoms. The van der Waals surface area contributed by atoms with Crippen LogP contribution in [0, 0.1) is 5.82 Å². The van der Waals surface area contributed by atoms with Crippen LogP contribution in [0.1, 0.15) is 0 Å². The molecule has 4 aromatic rings. The number of benzene rings is 4. The number of rotatable bonds is 8. The maximum atomic E-state index is 14.6. The normalized spacial score (nSPS) is 11.0. The van der Waals surface area contributed by atoms with Gasteiger partial charge >= 0.3 is 0 Å². The summed E-state index contributed by atoms with van der Waals surface area (Å²) in [5, 5.41) is 2.97. The summed E-state index contributed by atoms with van der Waals surface area (Å²) in [7, 11) is -4.26. The fraction of sp³-hybridized carbons (Fsp3) is 0.0385. The Morgan fingerprint density at radius 2 is 1.51 bits per heavy atom. The molecule has 1 amide bonds. The molecule has 0 fully saturated rings. The van der Waals surface area contributed by atoms with E-state index < -0.39 is 28.3 Å². The third kappa shape index (κ3) is 5.79. The highest BCUT2D eigenvalue weighted by atomic mass is 35.5. The zero-order valence-electron chi connectivity index (χ0n) is 18.3. The van der Waals surface area contributed by atoms with Gasteiger partial charge in [0.25, 0.3) is 10.0 Å². The number of sulfonamides is 1. The predicted octanol–water partition coefficient (Wildman–Crippen LogP) is 6.11. The van der Waals surface area contributed by atoms with Gasteiger partial charge in [0.2, 0.25) is 5.91 Å². The minimum Gasteiger partial charge on any atom is -0.455 e. The topological polar surface area (TPSA) is 75.7 Å². The lowest BCUT2D eigenvalue weighted by Gasteiger charge is -2.24. The first kappa shape index (κ1) is 24.3. The van der Waals surface area contributed by atoms with Gasteiger partial charge in [-0.2, -0.15) is 0 Å². The van der Waals surface area contributed by atoms with E-state index in [4.69, 9.17) is 16.3 Å². The number of anilines is 2. The Bertz CT molecular complexity index is 1430. The molecule has 0 bridgehead atoms. The van der Waals surface area contributed by atoms with Crippen molar-refractivity contribution in [2.45, 2.75) is 4.90 Å². The summed E-state index contributed by atoms with van der Waals surface area (Å²) in [6, 6.07) is 26.4. The van der Waals surface area contributed by atoms with Gasteiger partial charge in [-0.3, -0.25) is 9.10 Å². The lowest BCUT2D eigenvalue weighted by atomic mass is 10.2. The van der Waals surface area contributed by atoms with Gasteiger partial charge in [-0.05, 0) is 54.6 Å². The SMILES string of the molecule is O=C(CN(c1ccccc1F)S(=O)(=O)c1ccccc1)Nc1cc(Cl)ccc1Oc1ccccc1. The van der Waals surface area contributed by atoms with E-state index in [1.165, 1.54) is 36.4 Å². The van der Waals surface area contributed by atoms with E-state index in [-0.39, 0.29) is 16.3 Å². The Morgan fingerprint density at radius 3 is 2.20 bits per heavy atom. The van der Waals surface area contributed by atoms with Crippen LogP contribution in [0.5, 0.6) is 11.5 Å². The number of halogens is 2. The number of carbonyl (C=O) groups is 1. The van der Waals surface area contributed by atoms with Crippen molar-refractivity contribution >= 4 is 38.9 Å². The predicted molar refractivity (Wildman–Crippen MR) is 134 cm³/mol. The van der Waals surface area contributed by atoms with Crippen molar-refractivity contribution in [3.05, 3.63) is 114 Å². The molecule has 0 saturated heterocycles. The second kappa shape index (κ2) is 10.6.